The molecule has 3 atom stereocenters. The fraction of sp³-hybridized carbons (Fsp3) is 0.500. The zero-order valence-electron chi connectivity index (χ0n) is 8.08. The summed E-state index contributed by atoms with van der Waals surface area (Å²) in [4.78, 5) is 3.87. The van der Waals surface area contributed by atoms with E-state index in [0.29, 0.717) is 0 Å². The van der Waals surface area contributed by atoms with Gasteiger partial charge in [-0.05, 0) is 19.2 Å². The topological polar surface area (TPSA) is 41.8 Å². The van der Waals surface area contributed by atoms with Crippen LogP contribution in [0.15, 0.2) is 29.8 Å². The van der Waals surface area contributed by atoms with Gasteiger partial charge in [-0.1, -0.05) is 19.2 Å². The number of ether oxygens (including phenoxy) is 1. The number of aliphatic hydroxyl groups is 1. The molecule has 1 saturated carbocycles. The summed E-state index contributed by atoms with van der Waals surface area (Å²) in [6.07, 6.45) is 1.60. The van der Waals surface area contributed by atoms with Crippen LogP contribution in [0.5, 0.6) is 0 Å². The second-order valence-electron chi connectivity index (χ2n) is 3.42. The summed E-state index contributed by atoms with van der Waals surface area (Å²) < 4.78 is 5.00. The summed E-state index contributed by atoms with van der Waals surface area (Å²) in [5, 5.41) is 9.95. The van der Waals surface area contributed by atoms with Crippen molar-refractivity contribution in [1.82, 2.24) is 0 Å². The molecule has 0 aromatic rings. The highest BCUT2D eigenvalue weighted by atomic mass is 16.6. The summed E-state index contributed by atoms with van der Waals surface area (Å²) in [7, 11) is 1.44. The molecule has 3 heteroatoms. The zero-order valence-corrected chi connectivity index (χ0v) is 8.08. The van der Waals surface area contributed by atoms with Gasteiger partial charge in [-0.25, -0.2) is 0 Å². The Hall–Kier alpha value is -0.930. The van der Waals surface area contributed by atoms with Crippen molar-refractivity contribution < 1.29 is 9.84 Å². The Balaban J connectivity index is 2.97. The quantitative estimate of drug-likeness (QED) is 0.401. The van der Waals surface area contributed by atoms with Gasteiger partial charge in [-0.2, -0.15) is 0 Å². The predicted octanol–water partition coefficient (Wildman–Crippen LogP) is 1.15. The lowest BCUT2D eigenvalue weighted by Gasteiger charge is -2.09. The molecule has 0 bridgehead atoms. The van der Waals surface area contributed by atoms with Crippen LogP contribution in [0, 0.1) is 5.92 Å². The molecule has 0 aromatic carbocycles. The van der Waals surface area contributed by atoms with Gasteiger partial charge >= 0.3 is 0 Å². The van der Waals surface area contributed by atoms with E-state index < -0.39 is 11.3 Å². The Kier molecular flexibility index (Phi) is 2.18. The van der Waals surface area contributed by atoms with Gasteiger partial charge in [0.25, 0.3) is 0 Å². The molecular formula is C10H15NO2. The first kappa shape index (κ1) is 10.2. The molecule has 0 amide bonds. The summed E-state index contributed by atoms with van der Waals surface area (Å²) in [5.74, 6) is -1.50. The van der Waals surface area contributed by atoms with E-state index in [4.69, 9.17) is 4.74 Å². The molecule has 3 nitrogen and oxygen atoms in total. The molecule has 1 fully saturated rings. The first-order valence-electron chi connectivity index (χ1n) is 4.04. The maximum atomic E-state index is 9.95. The Labute approximate surface area is 78.4 Å². The van der Waals surface area contributed by atoms with Gasteiger partial charge in [0.15, 0.2) is 0 Å². The number of hydrogen-bond acceptors (Lipinski definition) is 3. The van der Waals surface area contributed by atoms with Crippen LogP contribution >= 0.6 is 0 Å². The van der Waals surface area contributed by atoms with Gasteiger partial charge in [0.2, 0.25) is 5.79 Å². The van der Waals surface area contributed by atoms with Crippen molar-refractivity contribution >= 4 is 6.72 Å². The minimum Gasteiger partial charge on any atom is -0.363 e. The van der Waals surface area contributed by atoms with E-state index in [1.54, 1.807) is 13.0 Å². The Bertz CT molecular complexity index is 274. The van der Waals surface area contributed by atoms with Crippen LogP contribution in [0.3, 0.4) is 0 Å². The molecule has 0 saturated heterocycles. The third-order valence-corrected chi connectivity index (χ3v) is 2.87. The lowest BCUT2D eigenvalue weighted by Crippen LogP contribution is -2.22. The van der Waals surface area contributed by atoms with Gasteiger partial charge in [-0.15, -0.1) is 0 Å². The van der Waals surface area contributed by atoms with Crippen LogP contribution in [0.1, 0.15) is 6.92 Å². The highest BCUT2D eigenvalue weighted by molar-refractivity contribution is 5.43. The molecular weight excluding hydrogens is 166 g/mol. The minimum atomic E-state index is -1.26. The first-order valence-corrected chi connectivity index (χ1v) is 4.04. The van der Waals surface area contributed by atoms with Crippen LogP contribution in [0.2, 0.25) is 0 Å². The number of hydrogen-bond donors (Lipinski definition) is 1. The van der Waals surface area contributed by atoms with E-state index in [1.165, 1.54) is 7.11 Å². The van der Waals surface area contributed by atoms with Crippen LogP contribution < -0.4 is 0 Å². The normalized spacial score (nSPS) is 42.5. The number of methoxy groups -OCH3 is 1. The molecule has 0 radical (unpaired) electrons. The second-order valence-corrected chi connectivity index (χ2v) is 3.42. The number of aliphatic imine (C=N–C) groups is 1. The van der Waals surface area contributed by atoms with E-state index in [1.807, 2.05) is 0 Å². The third-order valence-electron chi connectivity index (χ3n) is 2.87. The minimum absolute atomic E-state index is 0.236. The summed E-state index contributed by atoms with van der Waals surface area (Å²) in [6.45, 7) is 12.6. The van der Waals surface area contributed by atoms with Crippen LogP contribution in [-0.2, 0) is 4.74 Å². The summed E-state index contributed by atoms with van der Waals surface area (Å²) >= 11 is 0. The van der Waals surface area contributed by atoms with Crippen molar-refractivity contribution in [2.75, 3.05) is 7.11 Å². The van der Waals surface area contributed by atoms with E-state index in [0.717, 1.165) is 5.57 Å². The smallest absolute Gasteiger partial charge is 0.201 e. The van der Waals surface area contributed by atoms with Crippen molar-refractivity contribution in [3.63, 3.8) is 0 Å². The van der Waals surface area contributed by atoms with Crippen molar-refractivity contribution in [3.8, 4) is 0 Å². The second kappa shape index (κ2) is 2.79. The molecule has 1 rings (SSSR count). The Morgan fingerprint density at radius 3 is 2.46 bits per heavy atom. The lowest BCUT2D eigenvalue weighted by atomic mass is 10.1. The molecule has 13 heavy (non-hydrogen) atoms. The monoisotopic (exact) mass is 181 g/mol. The van der Waals surface area contributed by atoms with Crippen molar-refractivity contribution in [1.29, 1.82) is 0 Å². The summed E-state index contributed by atoms with van der Waals surface area (Å²) in [6, 6.07) is 0. The van der Waals surface area contributed by atoms with Crippen LogP contribution in [-0.4, -0.2) is 30.3 Å². The summed E-state index contributed by atoms with van der Waals surface area (Å²) in [5.41, 5.74) is 0.0341. The number of allylic oxidation sites excluding steroid dienone is 1. The predicted molar refractivity (Wildman–Crippen MR) is 52.7 cm³/mol. The highest BCUT2D eigenvalue weighted by Crippen LogP contribution is 2.60. The van der Waals surface area contributed by atoms with Crippen molar-refractivity contribution in [2.45, 2.75) is 18.2 Å². The number of rotatable bonds is 4. The molecule has 72 valence electrons. The average molecular weight is 181 g/mol. The molecule has 0 aliphatic heterocycles. The molecule has 1 aliphatic carbocycles. The molecule has 1 aliphatic rings. The fourth-order valence-electron chi connectivity index (χ4n) is 1.81. The van der Waals surface area contributed by atoms with Gasteiger partial charge < -0.3 is 9.84 Å². The van der Waals surface area contributed by atoms with E-state index >= 15 is 0 Å². The molecule has 1 N–H and O–H groups in total. The van der Waals surface area contributed by atoms with Gasteiger partial charge in [0, 0.05) is 7.11 Å². The molecule has 0 aromatic heterocycles. The Morgan fingerprint density at radius 2 is 2.23 bits per heavy atom. The van der Waals surface area contributed by atoms with Gasteiger partial charge in [-0.3, -0.25) is 4.99 Å². The molecule has 3 unspecified atom stereocenters. The Morgan fingerprint density at radius 1 is 1.69 bits per heavy atom. The van der Waals surface area contributed by atoms with Gasteiger partial charge in [0.05, 0.1) is 5.92 Å². The van der Waals surface area contributed by atoms with Crippen molar-refractivity contribution in [3.05, 3.63) is 24.8 Å². The SMILES string of the molecule is C=CC(=C)C1C(C)(N=C)C1(O)OC. The molecule has 0 spiro atoms. The maximum absolute atomic E-state index is 9.95. The van der Waals surface area contributed by atoms with E-state index in [9.17, 15) is 5.11 Å². The molecule has 0 heterocycles. The van der Waals surface area contributed by atoms with Gasteiger partial charge in [0.1, 0.15) is 5.54 Å². The first-order chi connectivity index (χ1) is 5.97. The maximum Gasteiger partial charge on any atom is 0.201 e. The number of nitrogens with zero attached hydrogens (tertiary/aromatic N) is 1. The largest absolute Gasteiger partial charge is 0.363 e. The fourth-order valence-corrected chi connectivity index (χ4v) is 1.81. The van der Waals surface area contributed by atoms with E-state index in [2.05, 4.69) is 24.9 Å². The van der Waals surface area contributed by atoms with E-state index in [-0.39, 0.29) is 5.92 Å². The standard InChI is InChI=1S/C10H15NO2/c1-6-7(2)8-9(3,11-4)10(8,12)13-5/h6,8,12H,1-2,4H2,3,5H3. The van der Waals surface area contributed by atoms with Crippen LogP contribution in [0.25, 0.3) is 0 Å². The average Bonchev–Trinajstić information content (AvgIpc) is 2.65. The highest BCUT2D eigenvalue weighted by Gasteiger charge is 2.76. The van der Waals surface area contributed by atoms with Crippen molar-refractivity contribution in [2.24, 2.45) is 10.9 Å². The third kappa shape index (κ3) is 1.01. The lowest BCUT2D eigenvalue weighted by molar-refractivity contribution is -0.122. The van der Waals surface area contributed by atoms with Crippen LogP contribution in [0.4, 0.5) is 0 Å². The zero-order chi connectivity index (χ0) is 10.3.